The fourth-order valence-corrected chi connectivity index (χ4v) is 6.76. The van der Waals surface area contributed by atoms with Gasteiger partial charge in [0, 0.05) is 35.8 Å². The first-order chi connectivity index (χ1) is 21.8. The third kappa shape index (κ3) is 5.69. The Morgan fingerprint density at radius 2 is 2.00 bits per heavy atom. The number of carboxylic acids is 1. The Hall–Kier alpha value is -4.26. The molecule has 0 amide bonds. The minimum atomic E-state index is -1.11. The van der Waals surface area contributed by atoms with Crippen molar-refractivity contribution in [2.75, 3.05) is 19.7 Å². The van der Waals surface area contributed by atoms with Gasteiger partial charge >= 0.3 is 5.97 Å². The van der Waals surface area contributed by atoms with Gasteiger partial charge in [0.25, 0.3) is 5.79 Å². The van der Waals surface area contributed by atoms with Crippen LogP contribution in [-0.4, -0.2) is 60.2 Å². The minimum Gasteiger partial charge on any atom is -0.491 e. The first-order valence-corrected chi connectivity index (χ1v) is 16.1. The van der Waals surface area contributed by atoms with Crippen LogP contribution in [0, 0.1) is 0 Å². The number of halogens is 1. The molecule has 0 unspecified atom stereocenters. The van der Waals surface area contributed by atoms with Crippen LogP contribution < -0.4 is 14.2 Å². The van der Waals surface area contributed by atoms with Crippen molar-refractivity contribution in [2.45, 2.75) is 51.5 Å². The number of nitrogens with zero attached hydrogens (tertiary/aromatic N) is 6. The standard InChI is InChI=1S/C32H31ClN6O5S/c1-3-42-25-13-23(31(40)41)36-30-28(25)37-27(39(30)16-21-15-34-18-45-21)17-38-11-9-19(10-12-38)22-5-4-6-24-29(22)44-32(2,43-24)26-8-7-20(33)14-35-26/h4-8,13-15,18-19H,3,9-12,16-17H2,1-2H3,(H,40,41)/t32-/m0/s1. The van der Waals surface area contributed by atoms with E-state index in [1.54, 1.807) is 17.8 Å². The van der Waals surface area contributed by atoms with Crippen molar-refractivity contribution in [3.05, 3.63) is 87.0 Å². The molecule has 0 bridgehead atoms. The second-order valence-electron chi connectivity index (χ2n) is 11.2. The van der Waals surface area contributed by atoms with Crippen molar-refractivity contribution in [3.63, 3.8) is 0 Å². The van der Waals surface area contributed by atoms with Crippen LogP contribution in [0.3, 0.4) is 0 Å². The highest BCUT2D eigenvalue weighted by Gasteiger charge is 2.42. The largest absolute Gasteiger partial charge is 0.491 e. The number of pyridine rings is 2. The fourth-order valence-electron chi connectivity index (χ4n) is 6.07. The summed E-state index contributed by atoms with van der Waals surface area (Å²) in [4.78, 5) is 33.4. The summed E-state index contributed by atoms with van der Waals surface area (Å²) in [6.07, 6.45) is 5.26. The lowest BCUT2D eigenvalue weighted by molar-refractivity contribution is -0.0722. The molecule has 5 aromatic rings. The molecule has 11 nitrogen and oxygen atoms in total. The van der Waals surface area contributed by atoms with Gasteiger partial charge in [-0.2, -0.15) is 0 Å². The Morgan fingerprint density at radius 3 is 2.71 bits per heavy atom. The number of imidazole rings is 1. The molecule has 1 atom stereocenters. The van der Waals surface area contributed by atoms with Gasteiger partial charge in [0.1, 0.15) is 11.5 Å². The van der Waals surface area contributed by atoms with E-state index in [4.69, 9.17) is 30.8 Å². The molecule has 0 radical (unpaired) electrons. The molecule has 232 valence electrons. The number of hydrogen-bond acceptors (Lipinski definition) is 10. The minimum absolute atomic E-state index is 0.0756. The summed E-state index contributed by atoms with van der Waals surface area (Å²) in [5, 5.41) is 10.3. The van der Waals surface area contributed by atoms with Crippen LogP contribution in [0.1, 0.15) is 65.1 Å². The summed E-state index contributed by atoms with van der Waals surface area (Å²) in [7, 11) is 0. The summed E-state index contributed by atoms with van der Waals surface area (Å²) >= 11 is 7.59. The monoisotopic (exact) mass is 646 g/mol. The predicted octanol–water partition coefficient (Wildman–Crippen LogP) is 6.11. The number of aromatic carboxylic acids is 1. The molecule has 0 saturated carbocycles. The SMILES string of the molecule is CCOc1cc(C(=O)O)nc2c1nc(CN1CCC(c3cccc4c3O[C@@](C)(c3ccc(Cl)cn3)O4)CC1)n2Cc1cncs1. The summed E-state index contributed by atoms with van der Waals surface area (Å²) in [5.41, 5.74) is 4.55. The lowest BCUT2D eigenvalue weighted by Gasteiger charge is -2.32. The summed E-state index contributed by atoms with van der Waals surface area (Å²) in [5.74, 6) is 0.851. The van der Waals surface area contributed by atoms with Crippen LogP contribution in [0.15, 0.2) is 54.3 Å². The Kier molecular flexibility index (Phi) is 7.80. The van der Waals surface area contributed by atoms with Gasteiger partial charge in [-0.3, -0.25) is 14.9 Å². The molecule has 1 fully saturated rings. The highest BCUT2D eigenvalue weighted by molar-refractivity contribution is 7.09. The van der Waals surface area contributed by atoms with Crippen LogP contribution in [0.4, 0.5) is 0 Å². The molecule has 7 rings (SSSR count). The summed E-state index contributed by atoms with van der Waals surface area (Å²) in [6.45, 7) is 6.89. The normalized spacial score (nSPS) is 18.5. The number of piperidine rings is 1. The van der Waals surface area contributed by atoms with Gasteiger partial charge < -0.3 is 23.9 Å². The molecule has 13 heteroatoms. The lowest BCUT2D eigenvalue weighted by Crippen LogP contribution is -2.34. The zero-order valence-electron chi connectivity index (χ0n) is 24.8. The van der Waals surface area contributed by atoms with E-state index in [9.17, 15) is 9.90 Å². The van der Waals surface area contributed by atoms with E-state index in [0.717, 1.165) is 47.9 Å². The summed E-state index contributed by atoms with van der Waals surface area (Å²) < 4.78 is 20.6. The molecule has 1 N–H and O–H groups in total. The first kappa shape index (κ1) is 29.5. The van der Waals surface area contributed by atoms with Crippen LogP contribution in [0.2, 0.25) is 5.02 Å². The van der Waals surface area contributed by atoms with Crippen molar-refractivity contribution in [1.82, 2.24) is 29.4 Å². The third-order valence-electron chi connectivity index (χ3n) is 8.26. The molecule has 2 aliphatic heterocycles. The molecule has 0 aliphatic carbocycles. The second-order valence-corrected chi connectivity index (χ2v) is 12.6. The maximum absolute atomic E-state index is 11.9. The van der Waals surface area contributed by atoms with Crippen LogP contribution in [0.5, 0.6) is 17.2 Å². The number of aromatic nitrogens is 5. The molecule has 0 spiro atoms. The maximum Gasteiger partial charge on any atom is 0.354 e. The van der Waals surface area contributed by atoms with Gasteiger partial charge in [-0.25, -0.2) is 14.8 Å². The van der Waals surface area contributed by atoms with E-state index in [0.29, 0.717) is 59.0 Å². The Bertz CT molecular complexity index is 1860. The molecule has 1 saturated heterocycles. The van der Waals surface area contributed by atoms with Gasteiger partial charge in [-0.05, 0) is 57.0 Å². The number of hydrogen-bond donors (Lipinski definition) is 1. The quantitative estimate of drug-likeness (QED) is 0.201. The number of fused-ring (bicyclic) bond motifs is 2. The Morgan fingerprint density at radius 1 is 1.16 bits per heavy atom. The van der Waals surface area contributed by atoms with E-state index < -0.39 is 11.8 Å². The number of likely N-dealkylation sites (tertiary alicyclic amines) is 1. The average Bonchev–Trinajstić information content (AvgIpc) is 3.76. The number of carboxylic acid groups (broad SMARTS) is 1. The zero-order chi connectivity index (χ0) is 31.1. The smallest absolute Gasteiger partial charge is 0.354 e. The fraction of sp³-hybridized carbons (Fsp3) is 0.344. The Balaban J connectivity index is 1.12. The molecular formula is C32H31ClN6O5S. The number of benzene rings is 1. The van der Waals surface area contributed by atoms with Crippen molar-refractivity contribution >= 4 is 40.1 Å². The van der Waals surface area contributed by atoms with E-state index in [2.05, 4.69) is 25.9 Å². The summed E-state index contributed by atoms with van der Waals surface area (Å²) in [6, 6.07) is 11.1. The van der Waals surface area contributed by atoms with E-state index in [1.165, 1.54) is 17.4 Å². The number of para-hydroxylation sites is 1. The third-order valence-corrected chi connectivity index (χ3v) is 9.25. The second kappa shape index (κ2) is 11.9. The van der Waals surface area contributed by atoms with Crippen molar-refractivity contribution in [1.29, 1.82) is 0 Å². The molecule has 45 heavy (non-hydrogen) atoms. The highest BCUT2D eigenvalue weighted by atomic mass is 35.5. The number of ether oxygens (including phenoxy) is 3. The molecule has 4 aromatic heterocycles. The van der Waals surface area contributed by atoms with E-state index in [-0.39, 0.29) is 5.69 Å². The molecule has 2 aliphatic rings. The van der Waals surface area contributed by atoms with E-state index in [1.807, 2.05) is 42.8 Å². The number of thiazole rings is 1. The molecule has 6 heterocycles. The average molecular weight is 647 g/mol. The number of carbonyl (C=O) groups is 1. The highest BCUT2D eigenvalue weighted by Crippen LogP contribution is 2.49. The zero-order valence-corrected chi connectivity index (χ0v) is 26.3. The van der Waals surface area contributed by atoms with E-state index >= 15 is 0 Å². The van der Waals surface area contributed by atoms with Crippen LogP contribution >= 0.6 is 22.9 Å². The predicted molar refractivity (Wildman–Crippen MR) is 168 cm³/mol. The van der Waals surface area contributed by atoms with Crippen molar-refractivity contribution in [3.8, 4) is 17.2 Å². The molecule has 1 aromatic carbocycles. The van der Waals surface area contributed by atoms with Gasteiger partial charge in [0.15, 0.2) is 34.1 Å². The van der Waals surface area contributed by atoms with Crippen molar-refractivity contribution in [2.24, 2.45) is 0 Å². The first-order valence-electron chi connectivity index (χ1n) is 14.8. The number of rotatable bonds is 9. The molecular weight excluding hydrogens is 616 g/mol. The lowest BCUT2D eigenvalue weighted by atomic mass is 9.88. The Labute approximate surface area is 268 Å². The topological polar surface area (TPSA) is 125 Å². The van der Waals surface area contributed by atoms with Gasteiger partial charge in [-0.15, -0.1) is 11.3 Å². The van der Waals surface area contributed by atoms with Gasteiger partial charge in [-0.1, -0.05) is 23.7 Å². The van der Waals surface area contributed by atoms with Gasteiger partial charge in [0.2, 0.25) is 0 Å². The maximum atomic E-state index is 11.9. The van der Waals surface area contributed by atoms with Gasteiger partial charge in [0.05, 0.1) is 30.2 Å². The van der Waals surface area contributed by atoms with Crippen LogP contribution in [-0.2, 0) is 18.9 Å². The van der Waals surface area contributed by atoms with Crippen molar-refractivity contribution < 1.29 is 24.1 Å². The van der Waals surface area contributed by atoms with Crippen LogP contribution in [0.25, 0.3) is 11.2 Å².